The van der Waals surface area contributed by atoms with Crippen molar-refractivity contribution in [1.82, 2.24) is 5.32 Å². The predicted molar refractivity (Wildman–Crippen MR) is 91.3 cm³/mol. The molecule has 1 aliphatic heterocycles. The lowest BCUT2D eigenvalue weighted by atomic mass is 10.0. The minimum absolute atomic E-state index is 0.0398. The highest BCUT2D eigenvalue weighted by atomic mass is 19.1. The molecule has 1 heterocycles. The third kappa shape index (κ3) is 4.03. The molecule has 2 aromatic rings. The van der Waals surface area contributed by atoms with Gasteiger partial charge in [0, 0.05) is 5.69 Å². The van der Waals surface area contributed by atoms with Crippen LogP contribution in [0.15, 0.2) is 42.5 Å². The van der Waals surface area contributed by atoms with E-state index in [9.17, 15) is 19.1 Å². The summed E-state index contributed by atoms with van der Waals surface area (Å²) in [6.45, 7) is 1.83. The molecular weight excluding hydrogens is 323 g/mol. The summed E-state index contributed by atoms with van der Waals surface area (Å²) in [5.41, 5.74) is 2.95. The lowest BCUT2D eigenvalue weighted by Crippen LogP contribution is -2.28. The van der Waals surface area contributed by atoms with E-state index >= 15 is 0 Å². The van der Waals surface area contributed by atoms with Crippen LogP contribution in [-0.4, -0.2) is 16.9 Å². The van der Waals surface area contributed by atoms with Crippen molar-refractivity contribution in [2.45, 2.75) is 31.9 Å². The van der Waals surface area contributed by atoms with E-state index < -0.39 is 11.9 Å². The second kappa shape index (κ2) is 7.03. The van der Waals surface area contributed by atoms with Gasteiger partial charge in [-0.2, -0.15) is 0 Å². The van der Waals surface area contributed by atoms with Crippen molar-refractivity contribution in [3.63, 3.8) is 0 Å². The SMILES string of the molecule is CC(NC(=O)CC(O)c1cccc(F)c1)c1ccc2c(c1)CC(=O)N2. The van der Waals surface area contributed by atoms with E-state index in [1.807, 2.05) is 25.1 Å². The first kappa shape index (κ1) is 17.1. The van der Waals surface area contributed by atoms with Gasteiger partial charge in [0.05, 0.1) is 25.0 Å². The Labute approximate surface area is 144 Å². The number of rotatable bonds is 5. The van der Waals surface area contributed by atoms with E-state index in [0.29, 0.717) is 12.0 Å². The van der Waals surface area contributed by atoms with Crippen molar-refractivity contribution < 1.29 is 19.1 Å². The standard InChI is InChI=1S/C19H19FN2O3/c1-11(12-5-6-16-14(7-12)9-18(24)22-16)21-19(25)10-17(23)13-3-2-4-15(20)8-13/h2-8,11,17,23H,9-10H2,1H3,(H,21,25)(H,22,24). The number of aliphatic hydroxyl groups is 1. The lowest BCUT2D eigenvalue weighted by Gasteiger charge is -2.17. The third-order valence-electron chi connectivity index (χ3n) is 4.24. The van der Waals surface area contributed by atoms with Crippen LogP contribution >= 0.6 is 0 Å². The van der Waals surface area contributed by atoms with Gasteiger partial charge in [-0.05, 0) is 41.8 Å². The zero-order valence-electron chi connectivity index (χ0n) is 13.8. The van der Waals surface area contributed by atoms with Gasteiger partial charge in [0.1, 0.15) is 5.82 Å². The number of aliphatic hydroxyl groups excluding tert-OH is 1. The van der Waals surface area contributed by atoms with Crippen molar-refractivity contribution in [3.8, 4) is 0 Å². The predicted octanol–water partition coefficient (Wildman–Crippen LogP) is 2.62. The Morgan fingerprint density at radius 3 is 2.84 bits per heavy atom. The van der Waals surface area contributed by atoms with E-state index in [4.69, 9.17) is 0 Å². The van der Waals surface area contributed by atoms with E-state index in [0.717, 1.165) is 16.8 Å². The summed E-state index contributed by atoms with van der Waals surface area (Å²) in [4.78, 5) is 23.6. The number of carbonyl (C=O) groups excluding carboxylic acids is 2. The molecule has 0 aromatic heterocycles. The Morgan fingerprint density at radius 1 is 1.28 bits per heavy atom. The Kier molecular flexibility index (Phi) is 4.81. The van der Waals surface area contributed by atoms with Crippen molar-refractivity contribution >= 4 is 17.5 Å². The molecule has 0 aliphatic carbocycles. The topological polar surface area (TPSA) is 78.4 Å². The highest BCUT2D eigenvalue weighted by molar-refractivity contribution is 5.99. The zero-order chi connectivity index (χ0) is 18.0. The quantitative estimate of drug-likeness (QED) is 0.782. The summed E-state index contributed by atoms with van der Waals surface area (Å²) >= 11 is 0. The number of hydrogen-bond acceptors (Lipinski definition) is 3. The second-order valence-corrected chi connectivity index (χ2v) is 6.21. The molecule has 2 unspecified atom stereocenters. The number of hydrogen-bond donors (Lipinski definition) is 3. The van der Waals surface area contributed by atoms with Crippen LogP contribution in [0.1, 0.15) is 42.2 Å². The molecule has 25 heavy (non-hydrogen) atoms. The van der Waals surface area contributed by atoms with E-state index in [2.05, 4.69) is 10.6 Å². The van der Waals surface area contributed by atoms with Crippen LogP contribution in [0, 0.1) is 5.82 Å². The average Bonchev–Trinajstić information content (AvgIpc) is 2.93. The number of amides is 2. The number of nitrogens with one attached hydrogen (secondary N) is 2. The van der Waals surface area contributed by atoms with E-state index in [1.165, 1.54) is 18.2 Å². The van der Waals surface area contributed by atoms with Crippen LogP contribution in [0.4, 0.5) is 10.1 Å². The van der Waals surface area contributed by atoms with Crippen molar-refractivity contribution in [2.75, 3.05) is 5.32 Å². The first-order chi connectivity index (χ1) is 11.9. The molecule has 6 heteroatoms. The monoisotopic (exact) mass is 342 g/mol. The van der Waals surface area contributed by atoms with Crippen LogP contribution in [0.25, 0.3) is 0 Å². The van der Waals surface area contributed by atoms with Gasteiger partial charge in [0.2, 0.25) is 11.8 Å². The Balaban J connectivity index is 1.61. The maximum atomic E-state index is 13.2. The number of anilines is 1. The van der Waals surface area contributed by atoms with Crippen molar-refractivity contribution in [2.24, 2.45) is 0 Å². The third-order valence-corrected chi connectivity index (χ3v) is 4.24. The maximum Gasteiger partial charge on any atom is 0.228 e. The van der Waals surface area contributed by atoms with Gasteiger partial charge < -0.3 is 15.7 Å². The molecule has 2 aromatic carbocycles. The largest absolute Gasteiger partial charge is 0.388 e. The van der Waals surface area contributed by atoms with E-state index in [-0.39, 0.29) is 24.3 Å². The molecule has 0 spiro atoms. The average molecular weight is 342 g/mol. The number of halogens is 1. The molecule has 0 fully saturated rings. The Hall–Kier alpha value is -2.73. The van der Waals surface area contributed by atoms with Gasteiger partial charge in [-0.3, -0.25) is 9.59 Å². The summed E-state index contributed by atoms with van der Waals surface area (Å²) in [6, 6.07) is 10.9. The van der Waals surface area contributed by atoms with Crippen LogP contribution in [0.5, 0.6) is 0 Å². The van der Waals surface area contributed by atoms with Gasteiger partial charge in [0.25, 0.3) is 0 Å². The minimum Gasteiger partial charge on any atom is -0.388 e. The molecule has 0 radical (unpaired) electrons. The summed E-state index contributed by atoms with van der Waals surface area (Å²) < 4.78 is 13.2. The first-order valence-electron chi connectivity index (χ1n) is 8.08. The fraction of sp³-hybridized carbons (Fsp3) is 0.263. The first-order valence-corrected chi connectivity index (χ1v) is 8.08. The smallest absolute Gasteiger partial charge is 0.228 e. The van der Waals surface area contributed by atoms with Gasteiger partial charge in [-0.15, -0.1) is 0 Å². The molecule has 3 N–H and O–H groups in total. The Morgan fingerprint density at radius 2 is 2.08 bits per heavy atom. The fourth-order valence-corrected chi connectivity index (χ4v) is 2.91. The van der Waals surface area contributed by atoms with Crippen molar-refractivity contribution in [3.05, 3.63) is 65.0 Å². The molecule has 2 atom stereocenters. The molecule has 0 saturated carbocycles. The summed E-state index contributed by atoms with van der Waals surface area (Å²) in [7, 11) is 0. The number of carbonyl (C=O) groups is 2. The number of benzene rings is 2. The highest BCUT2D eigenvalue weighted by Crippen LogP contribution is 2.26. The maximum absolute atomic E-state index is 13.2. The molecule has 2 amide bonds. The highest BCUT2D eigenvalue weighted by Gasteiger charge is 2.20. The molecular formula is C19H19FN2O3. The summed E-state index contributed by atoms with van der Waals surface area (Å²) in [5.74, 6) is -0.826. The van der Waals surface area contributed by atoms with Crippen LogP contribution < -0.4 is 10.6 Å². The zero-order valence-corrected chi connectivity index (χ0v) is 13.8. The molecule has 5 nitrogen and oxygen atoms in total. The summed E-state index contributed by atoms with van der Waals surface area (Å²) in [6.07, 6.45) is -0.884. The molecule has 0 bridgehead atoms. The van der Waals surface area contributed by atoms with Gasteiger partial charge in [0.15, 0.2) is 0 Å². The number of fused-ring (bicyclic) bond motifs is 1. The van der Waals surface area contributed by atoms with Gasteiger partial charge >= 0.3 is 0 Å². The molecule has 130 valence electrons. The Bertz CT molecular complexity index is 822. The normalized spacial score (nSPS) is 15.2. The molecule has 1 aliphatic rings. The van der Waals surface area contributed by atoms with Crippen molar-refractivity contribution in [1.29, 1.82) is 0 Å². The minimum atomic E-state index is -1.07. The summed E-state index contributed by atoms with van der Waals surface area (Å²) in [5, 5.41) is 15.7. The molecule has 3 rings (SSSR count). The van der Waals surface area contributed by atoms with E-state index in [1.54, 1.807) is 6.07 Å². The molecule has 0 saturated heterocycles. The van der Waals surface area contributed by atoms with Crippen LogP contribution in [0.3, 0.4) is 0 Å². The second-order valence-electron chi connectivity index (χ2n) is 6.21. The fourth-order valence-electron chi connectivity index (χ4n) is 2.91. The van der Waals surface area contributed by atoms with Gasteiger partial charge in [-0.25, -0.2) is 4.39 Å². The van der Waals surface area contributed by atoms with Crippen LogP contribution in [-0.2, 0) is 16.0 Å². The van der Waals surface area contributed by atoms with Crippen LogP contribution in [0.2, 0.25) is 0 Å². The lowest BCUT2D eigenvalue weighted by molar-refractivity contribution is -0.123. The van der Waals surface area contributed by atoms with Gasteiger partial charge in [-0.1, -0.05) is 24.3 Å².